The van der Waals surface area contributed by atoms with E-state index in [9.17, 15) is 9.59 Å². The Kier molecular flexibility index (Phi) is 6.31. The summed E-state index contributed by atoms with van der Waals surface area (Å²) in [5, 5.41) is 16.2. The fourth-order valence-electron chi connectivity index (χ4n) is 2.95. The predicted molar refractivity (Wildman–Crippen MR) is 124 cm³/mol. The lowest BCUT2D eigenvalue weighted by Crippen LogP contribution is -2.26. The number of aliphatic imine (C=N–C) groups is 1. The van der Waals surface area contributed by atoms with E-state index in [1.54, 1.807) is 30.5 Å². The van der Waals surface area contributed by atoms with Crippen molar-refractivity contribution in [1.82, 2.24) is 10.3 Å². The number of fused-ring (bicyclic) bond motifs is 1. The smallest absolute Gasteiger partial charge is 0.286 e. The number of aliphatic hydroxyl groups is 1. The summed E-state index contributed by atoms with van der Waals surface area (Å²) in [6.45, 7) is 0.00307. The lowest BCUT2D eigenvalue weighted by Gasteiger charge is -2.10. The number of hydrogen-bond donors (Lipinski definition) is 3. The molecule has 31 heavy (non-hydrogen) atoms. The number of nitrogens with one attached hydrogen (secondary N) is 2. The van der Waals surface area contributed by atoms with Gasteiger partial charge in [0.25, 0.3) is 11.8 Å². The highest BCUT2D eigenvalue weighted by Crippen LogP contribution is 2.32. The van der Waals surface area contributed by atoms with Crippen LogP contribution in [0.2, 0.25) is 5.02 Å². The topological polar surface area (TPSA) is 104 Å². The summed E-state index contributed by atoms with van der Waals surface area (Å²) >= 11 is 7.43. The molecular formula is C22H17ClN4O3S. The molecule has 9 heteroatoms. The minimum Gasteiger partial charge on any atom is -0.395 e. The molecular weight excluding hydrogens is 436 g/mol. The van der Waals surface area contributed by atoms with Crippen LogP contribution in [-0.4, -0.2) is 40.2 Å². The number of anilines is 1. The van der Waals surface area contributed by atoms with Gasteiger partial charge >= 0.3 is 0 Å². The number of hydrogen-bond acceptors (Lipinski definition) is 6. The van der Waals surface area contributed by atoms with E-state index in [4.69, 9.17) is 16.7 Å². The van der Waals surface area contributed by atoms with E-state index < -0.39 is 0 Å². The Bertz CT molecular complexity index is 1240. The van der Waals surface area contributed by atoms with E-state index >= 15 is 0 Å². The highest BCUT2D eigenvalue weighted by atomic mass is 35.5. The van der Waals surface area contributed by atoms with Crippen molar-refractivity contribution in [3.63, 3.8) is 0 Å². The van der Waals surface area contributed by atoms with Crippen LogP contribution in [0.1, 0.15) is 15.9 Å². The Morgan fingerprint density at radius 2 is 2.06 bits per heavy atom. The van der Waals surface area contributed by atoms with Crippen molar-refractivity contribution < 1.29 is 14.7 Å². The van der Waals surface area contributed by atoms with Gasteiger partial charge in [-0.2, -0.15) is 4.99 Å². The van der Waals surface area contributed by atoms with Crippen LogP contribution in [0, 0.1) is 0 Å². The minimum absolute atomic E-state index is 0.150. The number of nitrogens with zero attached hydrogens (tertiary/aromatic N) is 2. The third-order valence-corrected chi connectivity index (χ3v) is 5.64. The van der Waals surface area contributed by atoms with E-state index in [1.165, 1.54) is 11.8 Å². The molecule has 7 nitrogen and oxygen atoms in total. The Morgan fingerprint density at radius 3 is 2.90 bits per heavy atom. The normalized spacial score (nSPS) is 14.7. The van der Waals surface area contributed by atoms with Crippen molar-refractivity contribution in [2.75, 3.05) is 18.5 Å². The van der Waals surface area contributed by atoms with Crippen molar-refractivity contribution in [1.29, 1.82) is 0 Å². The van der Waals surface area contributed by atoms with Crippen LogP contribution in [0.3, 0.4) is 0 Å². The maximum Gasteiger partial charge on any atom is 0.286 e. The molecule has 0 saturated carbocycles. The first-order chi connectivity index (χ1) is 15.0. The lowest BCUT2D eigenvalue weighted by atomic mass is 10.1. The second-order valence-corrected chi connectivity index (χ2v) is 8.03. The number of carbonyl (C=O) groups excluding carboxylic acids is 2. The number of amides is 2. The van der Waals surface area contributed by atoms with E-state index in [2.05, 4.69) is 20.6 Å². The summed E-state index contributed by atoms with van der Waals surface area (Å²) < 4.78 is 0. The van der Waals surface area contributed by atoms with Gasteiger partial charge in [-0.25, -0.2) is 0 Å². The lowest BCUT2D eigenvalue weighted by molar-refractivity contribution is -0.113. The number of benzene rings is 2. The number of halogens is 1. The number of pyridine rings is 1. The molecule has 0 radical (unpaired) electrons. The van der Waals surface area contributed by atoms with Gasteiger partial charge in [-0.05, 0) is 59.8 Å². The van der Waals surface area contributed by atoms with Gasteiger partial charge in [-0.1, -0.05) is 23.7 Å². The van der Waals surface area contributed by atoms with Crippen LogP contribution < -0.4 is 10.6 Å². The zero-order valence-electron chi connectivity index (χ0n) is 16.1. The maximum absolute atomic E-state index is 12.4. The molecule has 2 amide bonds. The molecule has 3 aromatic rings. The van der Waals surface area contributed by atoms with E-state index in [1.807, 2.05) is 30.3 Å². The number of thioether (sulfide) groups is 1. The zero-order chi connectivity index (χ0) is 21.8. The standard InChI is InChI=1S/C22H17ClN4O3S/c23-16-5-4-15(20(29)25-8-9-28)12-18(16)26-22-27-21(30)19(31-22)11-13-3-6-17-14(10-13)2-1-7-24-17/h1-7,10-12,28H,8-9H2,(H,25,29)(H,26,27,30). The summed E-state index contributed by atoms with van der Waals surface area (Å²) in [6, 6.07) is 14.3. The summed E-state index contributed by atoms with van der Waals surface area (Å²) in [5.41, 5.74) is 2.57. The number of rotatable bonds is 5. The second-order valence-electron chi connectivity index (χ2n) is 6.59. The van der Waals surface area contributed by atoms with Gasteiger partial charge in [0, 0.05) is 23.7 Å². The van der Waals surface area contributed by atoms with Crippen LogP contribution in [0.4, 0.5) is 5.69 Å². The fourth-order valence-corrected chi connectivity index (χ4v) is 3.94. The Morgan fingerprint density at radius 1 is 1.19 bits per heavy atom. The molecule has 0 spiro atoms. The van der Waals surface area contributed by atoms with Gasteiger partial charge in [0.15, 0.2) is 5.17 Å². The molecule has 0 unspecified atom stereocenters. The van der Waals surface area contributed by atoms with E-state index in [-0.39, 0.29) is 25.0 Å². The summed E-state index contributed by atoms with van der Waals surface area (Å²) in [4.78, 5) is 33.3. The van der Waals surface area contributed by atoms with E-state index in [0.717, 1.165) is 16.5 Å². The average molecular weight is 453 g/mol. The predicted octanol–water partition coefficient (Wildman–Crippen LogP) is 3.69. The molecule has 0 aliphatic carbocycles. The van der Waals surface area contributed by atoms with Gasteiger partial charge in [-0.3, -0.25) is 14.6 Å². The van der Waals surface area contributed by atoms with Crippen LogP contribution in [0.15, 0.2) is 64.6 Å². The van der Waals surface area contributed by atoms with Crippen molar-refractivity contribution in [3.8, 4) is 0 Å². The highest BCUT2D eigenvalue weighted by Gasteiger charge is 2.23. The number of aromatic nitrogens is 1. The molecule has 0 saturated heterocycles. The highest BCUT2D eigenvalue weighted by molar-refractivity contribution is 8.18. The first kappa shape index (κ1) is 21.0. The fraction of sp³-hybridized carbons (Fsp3) is 0.0909. The Hall–Kier alpha value is -3.20. The summed E-state index contributed by atoms with van der Waals surface area (Å²) in [5.74, 6) is -0.691. The zero-order valence-corrected chi connectivity index (χ0v) is 17.7. The van der Waals surface area contributed by atoms with Gasteiger partial charge in [0.2, 0.25) is 0 Å². The molecule has 4 rings (SSSR count). The first-order valence-electron chi connectivity index (χ1n) is 9.36. The Balaban J connectivity index is 1.51. The Labute approximate surface area is 187 Å². The molecule has 0 fully saturated rings. The third-order valence-electron chi connectivity index (χ3n) is 4.41. The van der Waals surface area contributed by atoms with Crippen LogP contribution >= 0.6 is 23.4 Å². The summed E-state index contributed by atoms with van der Waals surface area (Å²) in [7, 11) is 0. The largest absolute Gasteiger partial charge is 0.395 e. The van der Waals surface area contributed by atoms with Crippen molar-refractivity contribution in [2.45, 2.75) is 0 Å². The second kappa shape index (κ2) is 9.30. The molecule has 2 aromatic carbocycles. The average Bonchev–Trinajstić information content (AvgIpc) is 3.12. The van der Waals surface area contributed by atoms with Crippen molar-refractivity contribution >= 4 is 63.0 Å². The van der Waals surface area contributed by atoms with Gasteiger partial charge < -0.3 is 15.7 Å². The van der Waals surface area contributed by atoms with Crippen molar-refractivity contribution in [2.24, 2.45) is 4.99 Å². The van der Waals surface area contributed by atoms with Gasteiger partial charge in [0.1, 0.15) is 0 Å². The quantitative estimate of drug-likeness (QED) is 0.510. The molecule has 1 aliphatic rings. The SMILES string of the molecule is O=C1N=C(Nc2cc(C(=O)NCCO)ccc2Cl)SC1=Cc1ccc2ncccc2c1. The number of amidine groups is 1. The molecule has 1 aliphatic heterocycles. The number of carbonyl (C=O) groups is 2. The van der Waals surface area contributed by atoms with Crippen molar-refractivity contribution in [3.05, 3.63) is 75.8 Å². The van der Waals surface area contributed by atoms with Crippen LogP contribution in [-0.2, 0) is 4.79 Å². The molecule has 156 valence electrons. The van der Waals surface area contributed by atoms with Crippen LogP contribution in [0.5, 0.6) is 0 Å². The number of aliphatic hydroxyl groups excluding tert-OH is 1. The maximum atomic E-state index is 12.4. The molecule has 0 bridgehead atoms. The minimum atomic E-state index is -0.355. The summed E-state index contributed by atoms with van der Waals surface area (Å²) in [6.07, 6.45) is 3.51. The first-order valence-corrected chi connectivity index (χ1v) is 10.6. The van der Waals surface area contributed by atoms with E-state index in [0.29, 0.717) is 26.3 Å². The third kappa shape index (κ3) is 4.93. The van der Waals surface area contributed by atoms with Crippen LogP contribution in [0.25, 0.3) is 17.0 Å². The molecule has 2 heterocycles. The molecule has 3 N–H and O–H groups in total. The molecule has 1 aromatic heterocycles. The van der Waals surface area contributed by atoms with Gasteiger partial charge in [0.05, 0.1) is 27.7 Å². The molecule has 0 atom stereocenters. The monoisotopic (exact) mass is 452 g/mol. The van der Waals surface area contributed by atoms with Gasteiger partial charge in [-0.15, -0.1) is 0 Å².